The van der Waals surface area contributed by atoms with Gasteiger partial charge in [0.2, 0.25) is 0 Å². The average molecular weight is 458 g/mol. The normalized spacial score (nSPS) is 22.5. The van der Waals surface area contributed by atoms with Gasteiger partial charge in [0.05, 0.1) is 32.3 Å². The van der Waals surface area contributed by atoms with Crippen LogP contribution in [0.3, 0.4) is 0 Å². The van der Waals surface area contributed by atoms with Crippen LogP contribution in [0.5, 0.6) is 5.75 Å². The average Bonchev–Trinajstić information content (AvgIpc) is 2.80. The fourth-order valence-corrected chi connectivity index (χ4v) is 4.58. The number of nitrogens with one attached hydrogen (secondary N) is 1. The molecule has 1 aliphatic heterocycles. The SMILES string of the molecule is CCOCCOC(=O)C1=C(C)NC2=C(C(=O)[C@H](C(=O)OC)[C@@H](C)C2)[C@H]1c1ccccc1OC. The molecule has 1 aliphatic carbocycles. The van der Waals surface area contributed by atoms with Crippen LogP contribution < -0.4 is 10.1 Å². The van der Waals surface area contributed by atoms with Crippen LogP contribution in [0, 0.1) is 11.8 Å². The molecule has 2 aliphatic rings. The molecule has 1 aromatic rings. The third-order valence-corrected chi connectivity index (χ3v) is 6.08. The first-order valence-corrected chi connectivity index (χ1v) is 11.1. The fraction of sp³-hybridized carbons (Fsp3) is 0.480. The molecule has 0 aromatic heterocycles. The third-order valence-electron chi connectivity index (χ3n) is 6.08. The molecule has 33 heavy (non-hydrogen) atoms. The molecule has 0 spiro atoms. The molecule has 1 N–H and O–H groups in total. The molecule has 0 saturated heterocycles. The van der Waals surface area contributed by atoms with Crippen molar-refractivity contribution in [1.82, 2.24) is 5.32 Å². The molecule has 8 heteroatoms. The van der Waals surface area contributed by atoms with E-state index in [9.17, 15) is 14.4 Å². The highest BCUT2D eigenvalue weighted by Gasteiger charge is 2.47. The summed E-state index contributed by atoms with van der Waals surface area (Å²) in [6.45, 7) is 6.37. The number of ketones is 1. The number of benzene rings is 1. The largest absolute Gasteiger partial charge is 0.496 e. The summed E-state index contributed by atoms with van der Waals surface area (Å²) in [5.74, 6) is -2.89. The minimum absolute atomic E-state index is 0.0871. The molecule has 8 nitrogen and oxygen atoms in total. The Balaban J connectivity index is 2.12. The van der Waals surface area contributed by atoms with Crippen LogP contribution in [0.4, 0.5) is 0 Å². The minimum Gasteiger partial charge on any atom is -0.496 e. The Labute approximate surface area is 193 Å². The number of allylic oxidation sites excluding steroid dienone is 3. The van der Waals surface area contributed by atoms with Crippen LogP contribution in [0.15, 0.2) is 46.8 Å². The van der Waals surface area contributed by atoms with Crippen LogP contribution >= 0.6 is 0 Å². The number of dihydropyridines is 1. The number of esters is 2. The Kier molecular flexibility index (Phi) is 7.92. The summed E-state index contributed by atoms with van der Waals surface area (Å²) in [4.78, 5) is 39.4. The summed E-state index contributed by atoms with van der Waals surface area (Å²) in [7, 11) is 2.81. The van der Waals surface area contributed by atoms with Gasteiger partial charge in [-0.25, -0.2) is 4.79 Å². The zero-order valence-corrected chi connectivity index (χ0v) is 19.7. The van der Waals surface area contributed by atoms with E-state index in [0.717, 1.165) is 0 Å². The molecule has 178 valence electrons. The Morgan fingerprint density at radius 3 is 2.55 bits per heavy atom. The van der Waals surface area contributed by atoms with Crippen molar-refractivity contribution < 1.29 is 33.3 Å². The lowest BCUT2D eigenvalue weighted by Crippen LogP contribution is -2.43. The molecule has 3 rings (SSSR count). The second kappa shape index (κ2) is 10.7. The molecule has 0 bridgehead atoms. The number of carbonyl (C=O) groups excluding carboxylic acids is 3. The first kappa shape index (κ1) is 24.5. The first-order chi connectivity index (χ1) is 15.8. The van der Waals surface area contributed by atoms with Crippen molar-refractivity contribution in [2.24, 2.45) is 11.8 Å². The summed E-state index contributed by atoms with van der Waals surface area (Å²) in [5, 5.41) is 3.24. The zero-order valence-electron chi connectivity index (χ0n) is 19.7. The van der Waals surface area contributed by atoms with E-state index in [1.165, 1.54) is 14.2 Å². The second-order valence-electron chi connectivity index (χ2n) is 8.11. The van der Waals surface area contributed by atoms with Crippen molar-refractivity contribution in [1.29, 1.82) is 0 Å². The van der Waals surface area contributed by atoms with E-state index in [1.54, 1.807) is 13.0 Å². The maximum Gasteiger partial charge on any atom is 0.336 e. The lowest BCUT2D eigenvalue weighted by Gasteiger charge is -2.38. The van der Waals surface area contributed by atoms with Gasteiger partial charge in [0.25, 0.3) is 0 Å². The zero-order chi connectivity index (χ0) is 24.1. The molecule has 1 aromatic carbocycles. The van der Waals surface area contributed by atoms with Crippen molar-refractivity contribution in [3.63, 3.8) is 0 Å². The van der Waals surface area contributed by atoms with Gasteiger partial charge in [0.1, 0.15) is 18.3 Å². The standard InChI is InChI=1S/C25H31NO7/c1-6-32-11-12-33-25(29)20-15(3)26-17-13-14(2)19(24(28)31-5)23(27)22(17)21(20)16-9-7-8-10-18(16)30-4/h7-10,14,19,21,26H,6,11-13H2,1-5H3/t14-,19+,21-/m0/s1. The number of ether oxygens (including phenoxy) is 4. The number of hydrogen-bond donors (Lipinski definition) is 1. The van der Waals surface area contributed by atoms with Crippen LogP contribution in [0.2, 0.25) is 0 Å². The topological polar surface area (TPSA) is 100 Å². The Bertz CT molecular complexity index is 994. The molecular weight excluding hydrogens is 426 g/mol. The van der Waals surface area contributed by atoms with E-state index in [4.69, 9.17) is 18.9 Å². The van der Waals surface area contributed by atoms with Crippen molar-refractivity contribution in [3.05, 3.63) is 52.4 Å². The summed E-state index contributed by atoms with van der Waals surface area (Å²) in [6.07, 6.45) is 0.469. The van der Waals surface area contributed by atoms with Crippen LogP contribution in [-0.4, -0.2) is 51.8 Å². The predicted octanol–water partition coefficient (Wildman–Crippen LogP) is 2.89. The maximum atomic E-state index is 13.7. The molecule has 0 unspecified atom stereocenters. The molecular formula is C25H31NO7. The quantitative estimate of drug-likeness (QED) is 0.361. The highest BCUT2D eigenvalue weighted by molar-refractivity contribution is 6.12. The number of Topliss-reactive ketones (excluding diaryl/α,β-unsaturated/α-hetero) is 1. The smallest absolute Gasteiger partial charge is 0.336 e. The van der Waals surface area contributed by atoms with E-state index < -0.39 is 23.8 Å². The molecule has 0 radical (unpaired) electrons. The summed E-state index contributed by atoms with van der Waals surface area (Å²) in [6, 6.07) is 7.23. The van der Waals surface area contributed by atoms with Crippen molar-refractivity contribution in [2.45, 2.75) is 33.1 Å². The number of rotatable bonds is 8. The van der Waals surface area contributed by atoms with Crippen molar-refractivity contribution >= 4 is 17.7 Å². The highest BCUT2D eigenvalue weighted by Crippen LogP contribution is 2.47. The number of carbonyl (C=O) groups is 3. The highest BCUT2D eigenvalue weighted by atomic mass is 16.6. The van der Waals surface area contributed by atoms with Gasteiger partial charge in [-0.05, 0) is 32.3 Å². The molecule has 0 saturated carbocycles. The van der Waals surface area contributed by atoms with Crippen molar-refractivity contribution in [3.8, 4) is 5.75 Å². The third kappa shape index (κ3) is 4.80. The summed E-state index contributed by atoms with van der Waals surface area (Å²) >= 11 is 0. The first-order valence-electron chi connectivity index (χ1n) is 11.1. The van der Waals surface area contributed by atoms with Crippen molar-refractivity contribution in [2.75, 3.05) is 34.0 Å². The van der Waals surface area contributed by atoms with E-state index >= 15 is 0 Å². The van der Waals surface area contributed by atoms with E-state index in [1.807, 2.05) is 32.0 Å². The fourth-order valence-electron chi connectivity index (χ4n) is 4.58. The Hall–Kier alpha value is -3.13. The minimum atomic E-state index is -0.943. The monoisotopic (exact) mass is 457 g/mol. The van der Waals surface area contributed by atoms with Crippen LogP contribution in [0.25, 0.3) is 0 Å². The van der Waals surface area contributed by atoms with Gasteiger partial charge in [-0.1, -0.05) is 25.1 Å². The predicted molar refractivity (Wildman–Crippen MR) is 120 cm³/mol. The van der Waals surface area contributed by atoms with Gasteiger partial charge >= 0.3 is 11.9 Å². The maximum absolute atomic E-state index is 13.7. The van der Waals surface area contributed by atoms with E-state index in [2.05, 4.69) is 5.32 Å². The Morgan fingerprint density at radius 2 is 1.88 bits per heavy atom. The molecule has 0 amide bonds. The lowest BCUT2D eigenvalue weighted by atomic mass is 9.69. The second-order valence-corrected chi connectivity index (χ2v) is 8.11. The molecule has 3 atom stereocenters. The summed E-state index contributed by atoms with van der Waals surface area (Å²) in [5.41, 5.74) is 2.63. The van der Waals surface area contributed by atoms with E-state index in [-0.39, 0.29) is 24.9 Å². The van der Waals surface area contributed by atoms with Gasteiger partial charge in [-0.2, -0.15) is 0 Å². The Morgan fingerprint density at radius 1 is 1.15 bits per heavy atom. The van der Waals surface area contributed by atoms with Gasteiger partial charge in [-0.15, -0.1) is 0 Å². The number of para-hydroxylation sites is 1. The van der Waals surface area contributed by atoms with Gasteiger partial charge < -0.3 is 24.3 Å². The van der Waals surface area contributed by atoms with Gasteiger partial charge in [0, 0.05) is 29.1 Å². The number of hydrogen-bond acceptors (Lipinski definition) is 8. The van der Waals surface area contributed by atoms with Crippen LogP contribution in [0.1, 0.15) is 38.7 Å². The van der Waals surface area contributed by atoms with Gasteiger partial charge in [-0.3, -0.25) is 9.59 Å². The van der Waals surface area contributed by atoms with Gasteiger partial charge in [0.15, 0.2) is 5.78 Å². The lowest BCUT2D eigenvalue weighted by molar-refractivity contribution is -0.151. The van der Waals surface area contributed by atoms with E-state index in [0.29, 0.717) is 46.9 Å². The molecule has 1 heterocycles. The molecule has 0 fully saturated rings. The number of methoxy groups -OCH3 is 2. The van der Waals surface area contributed by atoms with Crippen LogP contribution in [-0.2, 0) is 28.6 Å². The summed E-state index contributed by atoms with van der Waals surface area (Å²) < 4.78 is 21.2.